The molecule has 3 aliphatic rings. The van der Waals surface area contributed by atoms with Gasteiger partial charge < -0.3 is 24.3 Å². The van der Waals surface area contributed by atoms with Gasteiger partial charge in [0.25, 0.3) is 0 Å². The first-order valence-electron chi connectivity index (χ1n) is 11.9. The molecular formula is C26H31ClN4O3. The molecule has 2 amide bonds. The van der Waals surface area contributed by atoms with Gasteiger partial charge in [-0.05, 0) is 30.2 Å². The van der Waals surface area contributed by atoms with Crippen molar-refractivity contribution >= 4 is 34.8 Å². The lowest BCUT2D eigenvalue weighted by molar-refractivity contribution is -0.142. The van der Waals surface area contributed by atoms with E-state index in [0.717, 1.165) is 41.8 Å². The number of hydrogen-bond acceptors (Lipinski definition) is 5. The number of halogens is 1. The number of ether oxygens (including phenoxy) is 1. The molecule has 5 rings (SSSR count). The summed E-state index contributed by atoms with van der Waals surface area (Å²) in [5, 5.41) is 0.733. The molecule has 2 aromatic carbocycles. The minimum absolute atomic E-state index is 0.0305. The average molecular weight is 483 g/mol. The summed E-state index contributed by atoms with van der Waals surface area (Å²) in [6.07, 6.45) is 0.697. The molecule has 0 aromatic heterocycles. The van der Waals surface area contributed by atoms with Gasteiger partial charge in [-0.15, -0.1) is 0 Å². The Morgan fingerprint density at radius 1 is 0.941 bits per heavy atom. The van der Waals surface area contributed by atoms with E-state index in [-0.39, 0.29) is 23.8 Å². The van der Waals surface area contributed by atoms with Crippen LogP contribution in [0.3, 0.4) is 0 Å². The fourth-order valence-corrected chi connectivity index (χ4v) is 5.85. The third-order valence-electron chi connectivity index (χ3n) is 7.47. The Morgan fingerprint density at radius 2 is 1.68 bits per heavy atom. The highest BCUT2D eigenvalue weighted by atomic mass is 35.5. The van der Waals surface area contributed by atoms with Gasteiger partial charge in [-0.2, -0.15) is 0 Å². The molecule has 0 unspecified atom stereocenters. The molecule has 3 heterocycles. The van der Waals surface area contributed by atoms with Gasteiger partial charge >= 0.3 is 0 Å². The maximum absolute atomic E-state index is 13.9. The molecule has 2 fully saturated rings. The van der Waals surface area contributed by atoms with Crippen LogP contribution in [0.5, 0.6) is 5.75 Å². The highest BCUT2D eigenvalue weighted by molar-refractivity contribution is 6.33. The third-order valence-corrected chi connectivity index (χ3v) is 7.79. The number of carbonyl (C=O) groups excluding carboxylic acids is 2. The van der Waals surface area contributed by atoms with Gasteiger partial charge in [0.15, 0.2) is 0 Å². The van der Waals surface area contributed by atoms with Crippen LogP contribution in [-0.2, 0) is 16.0 Å². The van der Waals surface area contributed by atoms with Gasteiger partial charge in [0.2, 0.25) is 11.8 Å². The number of methoxy groups -OCH3 is 1. The normalized spacial score (nSPS) is 22.2. The third kappa shape index (κ3) is 4.17. The minimum atomic E-state index is -0.157. The average Bonchev–Trinajstić information content (AvgIpc) is 2.87. The summed E-state index contributed by atoms with van der Waals surface area (Å²) in [5.41, 5.74) is 3.36. The maximum atomic E-state index is 13.9. The second kappa shape index (κ2) is 9.37. The van der Waals surface area contributed by atoms with Crippen LogP contribution in [0.25, 0.3) is 0 Å². The van der Waals surface area contributed by atoms with E-state index in [0.29, 0.717) is 32.6 Å². The number of para-hydroxylation sites is 1. The van der Waals surface area contributed by atoms with Gasteiger partial charge in [-0.3, -0.25) is 9.59 Å². The lowest BCUT2D eigenvalue weighted by Gasteiger charge is -2.50. The van der Waals surface area contributed by atoms with Crippen molar-refractivity contribution in [3.05, 3.63) is 53.1 Å². The molecule has 2 saturated heterocycles. The highest BCUT2D eigenvalue weighted by Crippen LogP contribution is 2.40. The molecule has 0 radical (unpaired) electrons. The van der Waals surface area contributed by atoms with Crippen molar-refractivity contribution in [3.63, 3.8) is 0 Å². The summed E-state index contributed by atoms with van der Waals surface area (Å²) in [5.74, 6) is 0.924. The van der Waals surface area contributed by atoms with Crippen LogP contribution in [0.2, 0.25) is 5.02 Å². The molecule has 3 aliphatic heterocycles. The van der Waals surface area contributed by atoms with Gasteiger partial charge in [0.1, 0.15) is 5.75 Å². The monoisotopic (exact) mass is 482 g/mol. The molecule has 0 saturated carbocycles. The summed E-state index contributed by atoms with van der Waals surface area (Å²) < 4.78 is 5.50. The standard InChI is InChI=1S/C26H31ClN4O3/c1-18(32)28-9-11-29(12-10-28)26(33)21-15-19-7-8-20(34-2)16-24(19)31-14-13-30(17-25(21)31)23-6-4-3-5-22(23)27/h3-8,16,21,25H,9-15,17H2,1-2H3/t21-,25-/m0/s1. The molecular weight excluding hydrogens is 452 g/mol. The Bertz CT molecular complexity index is 1090. The van der Waals surface area contributed by atoms with Crippen LogP contribution < -0.4 is 14.5 Å². The zero-order chi connectivity index (χ0) is 23.8. The molecule has 7 nitrogen and oxygen atoms in total. The van der Waals surface area contributed by atoms with Crippen LogP contribution in [-0.4, -0.2) is 80.6 Å². The minimum Gasteiger partial charge on any atom is -0.497 e. The number of nitrogens with zero attached hydrogens (tertiary/aromatic N) is 4. The highest BCUT2D eigenvalue weighted by Gasteiger charge is 2.43. The fraction of sp³-hybridized carbons (Fsp3) is 0.462. The van der Waals surface area contributed by atoms with E-state index in [2.05, 4.69) is 28.0 Å². The number of carbonyl (C=O) groups is 2. The molecule has 0 N–H and O–H groups in total. The second-order valence-corrected chi connectivity index (χ2v) is 9.70. The van der Waals surface area contributed by atoms with Crippen molar-refractivity contribution < 1.29 is 14.3 Å². The van der Waals surface area contributed by atoms with E-state index in [1.807, 2.05) is 34.1 Å². The van der Waals surface area contributed by atoms with E-state index in [1.54, 1.807) is 14.0 Å². The molecule has 180 valence electrons. The van der Waals surface area contributed by atoms with Crippen molar-refractivity contribution in [2.24, 2.45) is 5.92 Å². The molecule has 2 aromatic rings. The smallest absolute Gasteiger partial charge is 0.228 e. The quantitative estimate of drug-likeness (QED) is 0.673. The first-order chi connectivity index (χ1) is 16.5. The summed E-state index contributed by atoms with van der Waals surface area (Å²) in [4.78, 5) is 34.1. The van der Waals surface area contributed by atoms with Crippen LogP contribution in [0.15, 0.2) is 42.5 Å². The van der Waals surface area contributed by atoms with Gasteiger partial charge in [-0.25, -0.2) is 0 Å². The van der Waals surface area contributed by atoms with Crippen LogP contribution >= 0.6 is 11.6 Å². The van der Waals surface area contributed by atoms with E-state index < -0.39 is 0 Å². The number of fused-ring (bicyclic) bond motifs is 3. The number of hydrogen-bond donors (Lipinski definition) is 0. The van der Waals surface area contributed by atoms with Gasteiger partial charge in [0, 0.05) is 64.5 Å². The molecule has 34 heavy (non-hydrogen) atoms. The van der Waals surface area contributed by atoms with E-state index in [1.165, 1.54) is 5.56 Å². The van der Waals surface area contributed by atoms with Crippen molar-refractivity contribution in [3.8, 4) is 5.75 Å². The largest absolute Gasteiger partial charge is 0.497 e. The SMILES string of the molecule is COc1ccc2c(c1)N1CCN(c3ccccc3Cl)C[C@H]1[C@@H](C(=O)N1CCN(C(C)=O)CC1)C2. The van der Waals surface area contributed by atoms with Crippen molar-refractivity contribution in [2.75, 3.05) is 62.7 Å². The van der Waals surface area contributed by atoms with Crippen molar-refractivity contribution in [1.82, 2.24) is 9.80 Å². The predicted molar refractivity (Wildman–Crippen MR) is 134 cm³/mol. The summed E-state index contributed by atoms with van der Waals surface area (Å²) in [6.45, 7) is 6.32. The van der Waals surface area contributed by atoms with Crippen LogP contribution in [0, 0.1) is 5.92 Å². The lowest BCUT2D eigenvalue weighted by atomic mass is 9.82. The molecule has 0 bridgehead atoms. The topological polar surface area (TPSA) is 56.3 Å². The zero-order valence-corrected chi connectivity index (χ0v) is 20.5. The predicted octanol–water partition coefficient (Wildman–Crippen LogP) is 2.91. The first kappa shape index (κ1) is 22.8. The number of piperazine rings is 2. The van der Waals surface area contributed by atoms with Gasteiger partial charge in [-0.1, -0.05) is 29.8 Å². The lowest BCUT2D eigenvalue weighted by Crippen LogP contribution is -2.62. The Morgan fingerprint density at radius 3 is 2.38 bits per heavy atom. The number of rotatable bonds is 3. The molecule has 0 spiro atoms. The van der Waals surface area contributed by atoms with Crippen molar-refractivity contribution in [2.45, 2.75) is 19.4 Å². The first-order valence-corrected chi connectivity index (χ1v) is 12.3. The Balaban J connectivity index is 1.44. The van der Waals surface area contributed by atoms with E-state index >= 15 is 0 Å². The van der Waals surface area contributed by atoms with E-state index in [4.69, 9.17) is 16.3 Å². The number of anilines is 2. The van der Waals surface area contributed by atoms with E-state index in [9.17, 15) is 9.59 Å². The Labute approximate surface area is 205 Å². The van der Waals surface area contributed by atoms with Crippen LogP contribution in [0.4, 0.5) is 11.4 Å². The molecule has 0 aliphatic carbocycles. The fourth-order valence-electron chi connectivity index (χ4n) is 5.59. The number of amides is 2. The second-order valence-electron chi connectivity index (χ2n) is 9.29. The number of benzene rings is 2. The Kier molecular flexibility index (Phi) is 6.30. The molecule has 2 atom stereocenters. The molecule has 8 heteroatoms. The van der Waals surface area contributed by atoms with Crippen LogP contribution in [0.1, 0.15) is 12.5 Å². The summed E-state index contributed by atoms with van der Waals surface area (Å²) in [7, 11) is 1.68. The maximum Gasteiger partial charge on any atom is 0.228 e. The zero-order valence-electron chi connectivity index (χ0n) is 19.7. The Hall–Kier alpha value is -2.93. The summed E-state index contributed by atoms with van der Waals surface area (Å²) in [6, 6.07) is 14.1. The van der Waals surface area contributed by atoms with Gasteiger partial charge in [0.05, 0.1) is 29.8 Å². The van der Waals surface area contributed by atoms with Crippen molar-refractivity contribution in [1.29, 1.82) is 0 Å². The summed E-state index contributed by atoms with van der Waals surface area (Å²) >= 11 is 6.53.